The van der Waals surface area contributed by atoms with Crippen LogP contribution in [0.5, 0.6) is 5.88 Å². The van der Waals surface area contributed by atoms with E-state index in [9.17, 15) is 18.0 Å². The molecule has 0 radical (unpaired) electrons. The number of nitrogens with zero attached hydrogens (tertiary/aromatic N) is 3. The maximum atomic E-state index is 12.7. The molecule has 0 atom stereocenters. The van der Waals surface area contributed by atoms with Gasteiger partial charge >= 0.3 is 6.18 Å². The molecule has 0 unspecified atom stereocenters. The molecular formula is C21H19ClF3N3O2. The van der Waals surface area contributed by atoms with E-state index in [-0.39, 0.29) is 18.1 Å². The molecule has 5 nitrogen and oxygen atoms in total. The molecule has 1 aromatic carbocycles. The van der Waals surface area contributed by atoms with Gasteiger partial charge in [-0.05, 0) is 48.7 Å². The maximum absolute atomic E-state index is 12.7. The van der Waals surface area contributed by atoms with E-state index in [0.29, 0.717) is 33.0 Å². The number of pyridine rings is 1. The largest absolute Gasteiger partial charge is 0.468 e. The smallest absolute Gasteiger partial charge is 0.422 e. The summed E-state index contributed by atoms with van der Waals surface area (Å²) in [6.07, 6.45) is -1.49. The summed E-state index contributed by atoms with van der Waals surface area (Å²) >= 11 is 6.07. The summed E-state index contributed by atoms with van der Waals surface area (Å²) < 4.78 is 44.4. The number of aromatic nitrogens is 3. The number of benzene rings is 1. The van der Waals surface area contributed by atoms with Crippen molar-refractivity contribution in [1.29, 1.82) is 0 Å². The van der Waals surface area contributed by atoms with Crippen LogP contribution in [0, 0.1) is 13.8 Å². The van der Waals surface area contributed by atoms with Gasteiger partial charge in [-0.3, -0.25) is 9.48 Å². The molecule has 0 saturated heterocycles. The molecule has 2 aromatic heterocycles. The second kappa shape index (κ2) is 8.47. The van der Waals surface area contributed by atoms with Crippen molar-refractivity contribution in [3.8, 4) is 17.0 Å². The van der Waals surface area contributed by atoms with Gasteiger partial charge in [-0.25, -0.2) is 4.98 Å². The zero-order chi connectivity index (χ0) is 22.1. The number of Topliss-reactive ketones (excluding diaryl/α,β-unsaturated/α-hetero) is 1. The van der Waals surface area contributed by atoms with Gasteiger partial charge in [-0.2, -0.15) is 18.3 Å². The van der Waals surface area contributed by atoms with Crippen LogP contribution in [0.2, 0.25) is 5.02 Å². The number of halogens is 4. The molecule has 0 N–H and O–H groups in total. The average molecular weight is 438 g/mol. The van der Waals surface area contributed by atoms with E-state index in [0.717, 1.165) is 5.56 Å². The molecule has 2 heterocycles. The van der Waals surface area contributed by atoms with Crippen molar-refractivity contribution in [3.05, 3.63) is 64.1 Å². The van der Waals surface area contributed by atoms with E-state index >= 15 is 0 Å². The van der Waals surface area contributed by atoms with Crippen molar-refractivity contribution >= 4 is 17.4 Å². The van der Waals surface area contributed by atoms with Crippen LogP contribution in [0.15, 0.2) is 36.7 Å². The standard InChI is InChI=1S/C21H19ClF3N3O2/c1-12-6-15(4-5-18(12)22)16-7-14(9-26-20(16)30-11-21(23,24)25)8-19(29)17-10-28(3)27-13(17)2/h4-7,9-10H,8,11H2,1-3H3. The van der Waals surface area contributed by atoms with E-state index in [1.54, 1.807) is 56.0 Å². The number of hydrogen-bond acceptors (Lipinski definition) is 4. The van der Waals surface area contributed by atoms with Gasteiger partial charge in [-0.15, -0.1) is 0 Å². The van der Waals surface area contributed by atoms with Crippen molar-refractivity contribution in [3.63, 3.8) is 0 Å². The van der Waals surface area contributed by atoms with Crippen molar-refractivity contribution in [2.45, 2.75) is 26.4 Å². The van der Waals surface area contributed by atoms with Gasteiger partial charge in [0.15, 0.2) is 12.4 Å². The summed E-state index contributed by atoms with van der Waals surface area (Å²) in [5.41, 5.74) is 3.34. The summed E-state index contributed by atoms with van der Waals surface area (Å²) in [5.74, 6) is -0.326. The molecule has 0 aliphatic rings. The van der Waals surface area contributed by atoms with Crippen molar-refractivity contribution < 1.29 is 22.7 Å². The molecule has 0 aliphatic carbocycles. The zero-order valence-electron chi connectivity index (χ0n) is 16.5. The van der Waals surface area contributed by atoms with Crippen molar-refractivity contribution in [2.75, 3.05) is 6.61 Å². The predicted molar refractivity (Wildman–Crippen MR) is 107 cm³/mol. The van der Waals surface area contributed by atoms with Crippen molar-refractivity contribution in [1.82, 2.24) is 14.8 Å². The first-order valence-electron chi connectivity index (χ1n) is 9.02. The molecule has 0 saturated carbocycles. The highest BCUT2D eigenvalue weighted by molar-refractivity contribution is 6.31. The third kappa shape index (κ3) is 5.18. The predicted octanol–water partition coefficient (Wildman–Crippen LogP) is 5.12. The highest BCUT2D eigenvalue weighted by Gasteiger charge is 2.29. The second-order valence-electron chi connectivity index (χ2n) is 6.97. The van der Waals surface area contributed by atoms with Gasteiger partial charge in [0.1, 0.15) is 0 Å². The quantitative estimate of drug-likeness (QED) is 0.502. The minimum absolute atomic E-state index is 0.0264. The number of carbonyl (C=O) groups is 1. The second-order valence-corrected chi connectivity index (χ2v) is 7.37. The van der Waals surface area contributed by atoms with Gasteiger partial charge < -0.3 is 4.74 Å². The van der Waals surface area contributed by atoms with Crippen LogP contribution in [0.25, 0.3) is 11.1 Å². The first-order chi connectivity index (χ1) is 14.0. The minimum atomic E-state index is -4.50. The fourth-order valence-electron chi connectivity index (χ4n) is 3.03. The van der Waals surface area contributed by atoms with Crippen LogP contribution in [-0.2, 0) is 13.5 Å². The van der Waals surface area contributed by atoms with E-state index in [1.165, 1.54) is 6.20 Å². The maximum Gasteiger partial charge on any atom is 0.422 e. The molecule has 0 spiro atoms. The zero-order valence-corrected chi connectivity index (χ0v) is 17.3. The molecule has 30 heavy (non-hydrogen) atoms. The van der Waals surface area contributed by atoms with E-state index in [4.69, 9.17) is 16.3 Å². The number of alkyl halides is 3. The Morgan fingerprint density at radius 2 is 1.97 bits per heavy atom. The number of ether oxygens (including phenoxy) is 1. The molecule has 0 fully saturated rings. The normalized spacial score (nSPS) is 11.6. The number of aryl methyl sites for hydroxylation is 3. The Labute approximate surface area is 176 Å². The number of rotatable bonds is 6. The number of hydrogen-bond donors (Lipinski definition) is 0. The molecule has 0 bridgehead atoms. The van der Waals surface area contributed by atoms with Gasteiger partial charge in [0, 0.05) is 36.4 Å². The molecule has 3 rings (SSSR count). The fourth-order valence-corrected chi connectivity index (χ4v) is 3.15. The molecule has 9 heteroatoms. The van der Waals surface area contributed by atoms with E-state index in [1.807, 2.05) is 0 Å². The Hall–Kier alpha value is -2.87. The van der Waals surface area contributed by atoms with Gasteiger partial charge in [0.25, 0.3) is 0 Å². The topological polar surface area (TPSA) is 57.0 Å². The Bertz CT molecular complexity index is 1090. The van der Waals surface area contributed by atoms with Gasteiger partial charge in [0.05, 0.1) is 11.3 Å². The van der Waals surface area contributed by atoms with Crippen LogP contribution in [0.3, 0.4) is 0 Å². The number of carbonyl (C=O) groups excluding carboxylic acids is 1. The third-order valence-corrected chi connectivity index (χ3v) is 4.85. The summed E-state index contributed by atoms with van der Waals surface area (Å²) in [5, 5.41) is 4.69. The van der Waals surface area contributed by atoms with Gasteiger partial charge in [0.2, 0.25) is 5.88 Å². The first kappa shape index (κ1) is 21.8. The molecule has 0 aliphatic heterocycles. The van der Waals surface area contributed by atoms with Crippen LogP contribution in [0.1, 0.15) is 27.2 Å². The lowest BCUT2D eigenvalue weighted by atomic mass is 10.00. The lowest BCUT2D eigenvalue weighted by Gasteiger charge is -2.14. The molecule has 158 valence electrons. The van der Waals surface area contributed by atoms with Crippen LogP contribution in [0.4, 0.5) is 13.2 Å². The van der Waals surface area contributed by atoms with E-state index < -0.39 is 12.8 Å². The molecule has 3 aromatic rings. The lowest BCUT2D eigenvalue weighted by molar-refractivity contribution is -0.154. The lowest BCUT2D eigenvalue weighted by Crippen LogP contribution is -2.20. The van der Waals surface area contributed by atoms with Crippen LogP contribution < -0.4 is 4.74 Å². The van der Waals surface area contributed by atoms with Crippen LogP contribution in [-0.4, -0.2) is 33.3 Å². The summed E-state index contributed by atoms with van der Waals surface area (Å²) in [7, 11) is 1.72. The minimum Gasteiger partial charge on any atom is -0.468 e. The Morgan fingerprint density at radius 1 is 1.23 bits per heavy atom. The SMILES string of the molecule is Cc1cc(-c2cc(CC(=O)c3cn(C)nc3C)cnc2OCC(F)(F)F)ccc1Cl. The Kier molecular flexibility index (Phi) is 6.17. The van der Waals surface area contributed by atoms with Crippen molar-refractivity contribution in [2.24, 2.45) is 7.05 Å². The summed E-state index contributed by atoms with van der Waals surface area (Å²) in [6, 6.07) is 6.67. The number of ketones is 1. The molecular weight excluding hydrogens is 419 g/mol. The Balaban J connectivity index is 1.96. The highest BCUT2D eigenvalue weighted by atomic mass is 35.5. The molecule has 0 amide bonds. The average Bonchev–Trinajstić information content (AvgIpc) is 3.00. The highest BCUT2D eigenvalue weighted by Crippen LogP contribution is 2.33. The Morgan fingerprint density at radius 3 is 2.57 bits per heavy atom. The van der Waals surface area contributed by atoms with E-state index in [2.05, 4.69) is 10.1 Å². The third-order valence-electron chi connectivity index (χ3n) is 4.43. The summed E-state index contributed by atoms with van der Waals surface area (Å²) in [4.78, 5) is 16.7. The van der Waals surface area contributed by atoms with Crippen LogP contribution >= 0.6 is 11.6 Å². The fraction of sp³-hybridized carbons (Fsp3) is 0.286. The van der Waals surface area contributed by atoms with Gasteiger partial charge in [-0.1, -0.05) is 17.7 Å². The first-order valence-corrected chi connectivity index (χ1v) is 9.40. The monoisotopic (exact) mass is 437 g/mol. The summed E-state index contributed by atoms with van der Waals surface area (Å²) in [6.45, 7) is 2.06.